The van der Waals surface area contributed by atoms with Crippen LogP contribution < -0.4 is 24.8 Å². The van der Waals surface area contributed by atoms with Gasteiger partial charge >= 0.3 is 0 Å². The zero-order valence-electron chi connectivity index (χ0n) is 27.7. The van der Waals surface area contributed by atoms with Crippen molar-refractivity contribution in [2.75, 3.05) is 36.9 Å². The number of halogens is 1. The van der Waals surface area contributed by atoms with E-state index in [-0.39, 0.29) is 23.1 Å². The molecule has 252 valence electrons. The monoisotopic (exact) mass is 661 g/mol. The van der Waals surface area contributed by atoms with Crippen LogP contribution in [0.2, 0.25) is 0 Å². The second-order valence-corrected chi connectivity index (χ2v) is 12.0. The number of carbonyl (C=O) groups is 1. The molecule has 0 unspecified atom stereocenters. The first-order valence-corrected chi connectivity index (χ1v) is 16.6. The van der Waals surface area contributed by atoms with E-state index in [0.29, 0.717) is 35.2 Å². The van der Waals surface area contributed by atoms with Crippen LogP contribution in [-0.4, -0.2) is 47.0 Å². The van der Waals surface area contributed by atoms with Gasteiger partial charge in [0.1, 0.15) is 22.8 Å². The molecule has 5 aromatic rings. The number of piperidine rings is 1. The van der Waals surface area contributed by atoms with Crippen molar-refractivity contribution in [3.05, 3.63) is 120 Å². The molecule has 9 nitrogen and oxygen atoms in total. The van der Waals surface area contributed by atoms with Gasteiger partial charge in [-0.15, -0.1) is 0 Å². The maximum Gasteiger partial charge on any atom is 0.262 e. The molecule has 0 aliphatic carbocycles. The molecule has 1 aliphatic heterocycles. The van der Waals surface area contributed by atoms with E-state index in [9.17, 15) is 4.79 Å². The SMILES string of the molecule is Cc1cccc(C)c1NC(=O)c1cnc(Nc2ccc(OCCCN3CCCCC3)c(F)c2)nc1Oc1ccc(Oc2ccccc2)cc1. The van der Waals surface area contributed by atoms with E-state index in [1.165, 1.54) is 31.5 Å². The lowest BCUT2D eigenvalue weighted by molar-refractivity contribution is 0.102. The molecule has 2 heterocycles. The Labute approximate surface area is 286 Å². The fourth-order valence-corrected chi connectivity index (χ4v) is 5.64. The van der Waals surface area contributed by atoms with E-state index < -0.39 is 11.7 Å². The highest BCUT2D eigenvalue weighted by atomic mass is 19.1. The van der Waals surface area contributed by atoms with Crippen molar-refractivity contribution in [1.29, 1.82) is 0 Å². The first-order chi connectivity index (χ1) is 23.9. The van der Waals surface area contributed by atoms with Gasteiger partial charge in [-0.05, 0) is 106 Å². The molecule has 0 atom stereocenters. The number of likely N-dealkylation sites (tertiary alicyclic amines) is 1. The number of ether oxygens (including phenoxy) is 3. The first-order valence-electron chi connectivity index (χ1n) is 16.6. The highest BCUT2D eigenvalue weighted by Gasteiger charge is 2.20. The normalized spacial score (nSPS) is 13.0. The third kappa shape index (κ3) is 9.11. The fourth-order valence-electron chi connectivity index (χ4n) is 5.64. The predicted molar refractivity (Wildman–Crippen MR) is 189 cm³/mol. The molecule has 1 aliphatic rings. The van der Waals surface area contributed by atoms with Gasteiger partial charge in [0, 0.05) is 30.2 Å². The van der Waals surface area contributed by atoms with Crippen LogP contribution >= 0.6 is 0 Å². The summed E-state index contributed by atoms with van der Waals surface area (Å²) in [5.74, 6) is 1.15. The molecule has 1 saturated heterocycles. The van der Waals surface area contributed by atoms with Crippen molar-refractivity contribution in [2.24, 2.45) is 0 Å². The molecule has 0 radical (unpaired) electrons. The Kier molecular flexibility index (Phi) is 11.0. The minimum absolute atomic E-state index is 0.0205. The lowest BCUT2D eigenvalue weighted by Crippen LogP contribution is -2.31. The number of anilines is 3. The Bertz CT molecular complexity index is 1840. The van der Waals surface area contributed by atoms with Crippen molar-refractivity contribution in [3.63, 3.8) is 0 Å². The molecule has 0 saturated carbocycles. The Morgan fingerprint density at radius 3 is 2.24 bits per heavy atom. The second-order valence-electron chi connectivity index (χ2n) is 12.0. The highest BCUT2D eigenvalue weighted by molar-refractivity contribution is 6.06. The third-order valence-electron chi connectivity index (χ3n) is 8.25. The second kappa shape index (κ2) is 16.1. The number of amides is 1. The van der Waals surface area contributed by atoms with Gasteiger partial charge in [-0.25, -0.2) is 9.37 Å². The summed E-state index contributed by atoms with van der Waals surface area (Å²) in [5, 5.41) is 6.00. The molecule has 1 amide bonds. The van der Waals surface area contributed by atoms with Crippen LogP contribution in [0.15, 0.2) is 97.2 Å². The number of para-hydroxylation sites is 2. The summed E-state index contributed by atoms with van der Waals surface area (Å²) in [6.07, 6.45) is 5.99. The van der Waals surface area contributed by atoms with E-state index in [4.69, 9.17) is 14.2 Å². The van der Waals surface area contributed by atoms with Crippen molar-refractivity contribution in [2.45, 2.75) is 39.5 Å². The molecule has 2 N–H and O–H groups in total. The smallest absolute Gasteiger partial charge is 0.262 e. The summed E-state index contributed by atoms with van der Waals surface area (Å²) in [6, 6.07) is 26.8. The topological polar surface area (TPSA) is 97.8 Å². The van der Waals surface area contributed by atoms with Crippen LogP contribution in [0.4, 0.5) is 21.7 Å². The summed E-state index contributed by atoms with van der Waals surface area (Å²) >= 11 is 0. The first kappa shape index (κ1) is 33.4. The minimum Gasteiger partial charge on any atom is -0.490 e. The van der Waals surface area contributed by atoms with Crippen molar-refractivity contribution in [3.8, 4) is 28.9 Å². The molecule has 1 aromatic heterocycles. The largest absolute Gasteiger partial charge is 0.490 e. The van der Waals surface area contributed by atoms with Gasteiger partial charge in [0.15, 0.2) is 11.6 Å². The number of hydrogen-bond donors (Lipinski definition) is 2. The Balaban J connectivity index is 1.17. The molecule has 0 spiro atoms. The standard InChI is InChI=1S/C39H40FN5O4/c1-27-11-9-12-28(2)36(27)43-37(46)33-26-41-39(44-38(33)49-32-18-16-31(17-19-32)48-30-13-5-3-6-14-30)42-29-15-20-35(34(40)25-29)47-24-10-23-45-21-7-4-8-22-45/h3,5-6,9,11-20,25-26H,4,7-8,10,21-24H2,1-2H3,(H,43,46)(H,41,42,44). The predicted octanol–water partition coefficient (Wildman–Crippen LogP) is 9.07. The average Bonchev–Trinajstić information content (AvgIpc) is 3.11. The highest BCUT2D eigenvalue weighted by Crippen LogP contribution is 2.30. The Morgan fingerprint density at radius 2 is 1.53 bits per heavy atom. The van der Waals surface area contributed by atoms with Crippen LogP contribution in [0, 0.1) is 19.7 Å². The number of benzene rings is 4. The Hall–Kier alpha value is -5.48. The molecular formula is C39H40FN5O4. The van der Waals surface area contributed by atoms with Gasteiger partial charge in [-0.3, -0.25) is 4.79 Å². The average molecular weight is 662 g/mol. The lowest BCUT2D eigenvalue weighted by Gasteiger charge is -2.26. The van der Waals surface area contributed by atoms with Crippen molar-refractivity contribution < 1.29 is 23.4 Å². The van der Waals surface area contributed by atoms with Gasteiger partial charge in [-0.2, -0.15) is 4.98 Å². The molecule has 10 heteroatoms. The molecule has 49 heavy (non-hydrogen) atoms. The number of aromatic nitrogens is 2. The van der Waals surface area contributed by atoms with Crippen LogP contribution in [0.3, 0.4) is 0 Å². The van der Waals surface area contributed by atoms with Crippen LogP contribution in [0.5, 0.6) is 28.9 Å². The fraction of sp³-hybridized carbons (Fsp3) is 0.256. The van der Waals surface area contributed by atoms with E-state index >= 15 is 4.39 Å². The summed E-state index contributed by atoms with van der Waals surface area (Å²) in [5.41, 5.74) is 3.07. The number of nitrogens with zero attached hydrogens (tertiary/aromatic N) is 3. The van der Waals surface area contributed by atoms with Gasteiger partial charge in [0.05, 0.1) is 6.61 Å². The Morgan fingerprint density at radius 1 is 0.837 bits per heavy atom. The van der Waals surface area contributed by atoms with Gasteiger partial charge in [-0.1, -0.05) is 42.8 Å². The zero-order chi connectivity index (χ0) is 34.0. The van der Waals surface area contributed by atoms with Crippen molar-refractivity contribution >= 4 is 23.2 Å². The maximum absolute atomic E-state index is 15.0. The van der Waals surface area contributed by atoms with E-state index in [1.54, 1.807) is 36.4 Å². The van der Waals surface area contributed by atoms with Crippen molar-refractivity contribution in [1.82, 2.24) is 14.9 Å². The summed E-state index contributed by atoms with van der Waals surface area (Å²) < 4.78 is 32.8. The number of hydrogen-bond acceptors (Lipinski definition) is 8. The maximum atomic E-state index is 15.0. The third-order valence-corrected chi connectivity index (χ3v) is 8.25. The summed E-state index contributed by atoms with van der Waals surface area (Å²) in [7, 11) is 0. The van der Waals surface area contributed by atoms with Gasteiger partial charge in [0.25, 0.3) is 5.91 Å². The minimum atomic E-state index is -0.498. The molecule has 0 bridgehead atoms. The zero-order valence-corrected chi connectivity index (χ0v) is 27.7. The quantitative estimate of drug-likeness (QED) is 0.121. The summed E-state index contributed by atoms with van der Waals surface area (Å²) in [4.78, 5) is 24.9. The molecule has 1 fully saturated rings. The van der Waals surface area contributed by atoms with Crippen LogP contribution in [-0.2, 0) is 0 Å². The van der Waals surface area contributed by atoms with E-state index in [2.05, 4.69) is 25.5 Å². The molecule has 4 aromatic carbocycles. The van der Waals surface area contributed by atoms with Gasteiger partial charge < -0.3 is 29.7 Å². The van der Waals surface area contributed by atoms with E-state index in [0.717, 1.165) is 37.2 Å². The number of nitrogens with one attached hydrogen (secondary N) is 2. The van der Waals surface area contributed by atoms with Crippen LogP contribution in [0.1, 0.15) is 47.2 Å². The van der Waals surface area contributed by atoms with Gasteiger partial charge in [0.2, 0.25) is 11.8 Å². The van der Waals surface area contributed by atoms with Crippen LogP contribution in [0.25, 0.3) is 0 Å². The summed E-state index contributed by atoms with van der Waals surface area (Å²) in [6.45, 7) is 7.48. The molecular weight excluding hydrogens is 621 g/mol. The number of aryl methyl sites for hydroxylation is 2. The van der Waals surface area contributed by atoms with E-state index in [1.807, 2.05) is 62.4 Å². The molecule has 6 rings (SSSR count). The number of rotatable bonds is 13. The lowest BCUT2D eigenvalue weighted by atomic mass is 10.1. The number of carbonyl (C=O) groups excluding carboxylic acids is 1.